The van der Waals surface area contributed by atoms with Crippen LogP contribution < -0.4 is 4.90 Å². The van der Waals surface area contributed by atoms with Gasteiger partial charge in [-0.2, -0.15) is 5.10 Å². The molecule has 1 N–H and O–H groups in total. The minimum absolute atomic E-state index is 0.731. The summed E-state index contributed by atoms with van der Waals surface area (Å²) in [5, 5.41) is 15.3. The maximum Gasteiger partial charge on any atom is 0.328 e. The van der Waals surface area contributed by atoms with Gasteiger partial charge in [0.25, 0.3) is 0 Å². The Kier molecular flexibility index (Phi) is 4.84. The molecule has 0 aliphatic rings. The quantitative estimate of drug-likeness (QED) is 0.821. The van der Waals surface area contributed by atoms with Crippen molar-refractivity contribution in [2.45, 2.75) is 13.5 Å². The van der Waals surface area contributed by atoms with Gasteiger partial charge in [-0.15, -0.1) is 11.3 Å². The van der Waals surface area contributed by atoms with Crippen LogP contribution in [0.25, 0.3) is 6.08 Å². The lowest BCUT2D eigenvalue weighted by molar-refractivity contribution is -0.131. The highest BCUT2D eigenvalue weighted by Crippen LogP contribution is 2.27. The van der Waals surface area contributed by atoms with Gasteiger partial charge in [0, 0.05) is 32.3 Å². The smallest absolute Gasteiger partial charge is 0.328 e. The molecule has 0 aromatic carbocycles. The first kappa shape index (κ1) is 15.8. The molecule has 2 aromatic heterocycles. The number of hydrogen-bond acceptors (Lipinski definition) is 4. The van der Waals surface area contributed by atoms with E-state index in [0.717, 1.165) is 33.5 Å². The number of hydrogen-bond donors (Lipinski definition) is 1. The molecule has 5 nitrogen and oxygen atoms in total. The Morgan fingerprint density at radius 1 is 1.62 bits per heavy atom. The van der Waals surface area contributed by atoms with Crippen molar-refractivity contribution in [1.29, 1.82) is 0 Å². The Morgan fingerprint density at radius 3 is 2.90 bits per heavy atom. The van der Waals surface area contributed by atoms with Crippen LogP contribution in [-0.2, 0) is 18.4 Å². The van der Waals surface area contributed by atoms with E-state index < -0.39 is 5.97 Å². The molecule has 0 unspecified atom stereocenters. The second kappa shape index (κ2) is 6.44. The van der Waals surface area contributed by atoms with E-state index in [-0.39, 0.29) is 0 Å². The summed E-state index contributed by atoms with van der Waals surface area (Å²) < 4.78 is 2.87. The number of carboxylic acids is 1. The van der Waals surface area contributed by atoms with Crippen LogP contribution >= 0.6 is 27.3 Å². The SMILES string of the molecule is Cc1nn(C)c(N(C)Cc2csc(Br)c2)c1C=CC(=O)O. The van der Waals surface area contributed by atoms with E-state index in [1.807, 2.05) is 21.0 Å². The molecule has 0 radical (unpaired) electrons. The second-order valence-corrected chi connectivity index (χ2v) is 7.02. The Bertz CT molecular complexity index is 690. The maximum absolute atomic E-state index is 10.7. The van der Waals surface area contributed by atoms with Crippen LogP contribution in [0.2, 0.25) is 0 Å². The zero-order chi connectivity index (χ0) is 15.6. The molecule has 21 heavy (non-hydrogen) atoms. The second-order valence-electron chi connectivity index (χ2n) is 4.73. The van der Waals surface area contributed by atoms with Gasteiger partial charge >= 0.3 is 5.97 Å². The number of aliphatic carboxylic acids is 1. The first-order valence-corrected chi connectivity index (χ1v) is 7.94. The Labute approximate surface area is 135 Å². The zero-order valence-electron chi connectivity index (χ0n) is 12.0. The Morgan fingerprint density at radius 2 is 2.33 bits per heavy atom. The molecule has 0 aliphatic carbocycles. The van der Waals surface area contributed by atoms with E-state index in [1.165, 1.54) is 5.56 Å². The molecular weight excluding hydrogens is 354 g/mol. The van der Waals surface area contributed by atoms with Gasteiger partial charge in [-0.1, -0.05) is 0 Å². The lowest BCUT2D eigenvalue weighted by Gasteiger charge is -2.19. The van der Waals surface area contributed by atoms with Crippen molar-refractivity contribution in [2.24, 2.45) is 7.05 Å². The largest absolute Gasteiger partial charge is 0.478 e. The normalized spacial score (nSPS) is 11.2. The molecule has 0 saturated carbocycles. The first-order chi connectivity index (χ1) is 9.88. The van der Waals surface area contributed by atoms with Gasteiger partial charge in [0.05, 0.1) is 9.48 Å². The predicted molar refractivity (Wildman–Crippen MR) is 88.7 cm³/mol. The molecule has 2 aromatic rings. The lowest BCUT2D eigenvalue weighted by Crippen LogP contribution is -2.19. The number of thiophene rings is 1. The number of halogens is 1. The van der Waals surface area contributed by atoms with Gasteiger partial charge in [-0.3, -0.25) is 4.68 Å². The highest BCUT2D eigenvalue weighted by molar-refractivity contribution is 9.11. The molecule has 112 valence electrons. The molecule has 0 spiro atoms. The summed E-state index contributed by atoms with van der Waals surface area (Å²) in [6, 6.07) is 2.08. The molecule has 0 bridgehead atoms. The molecular formula is C14H16BrN3O2S. The standard InChI is InChI=1S/C14H16BrN3O2S/c1-9-11(4-5-13(19)20)14(18(3)16-9)17(2)7-10-6-12(15)21-8-10/h4-6,8H,7H2,1-3H3,(H,19,20). The van der Waals surface area contributed by atoms with Crippen LogP contribution in [0, 0.1) is 6.92 Å². The number of carbonyl (C=O) groups is 1. The van der Waals surface area contributed by atoms with Crippen LogP contribution in [0.1, 0.15) is 16.8 Å². The molecule has 0 amide bonds. The minimum atomic E-state index is -0.964. The number of anilines is 1. The van der Waals surface area contributed by atoms with Crippen LogP contribution in [0.5, 0.6) is 0 Å². The van der Waals surface area contributed by atoms with E-state index in [4.69, 9.17) is 5.11 Å². The summed E-state index contributed by atoms with van der Waals surface area (Å²) in [7, 11) is 3.83. The number of aryl methyl sites for hydroxylation is 2. The molecule has 0 fully saturated rings. The highest BCUT2D eigenvalue weighted by Gasteiger charge is 2.16. The molecule has 0 saturated heterocycles. The van der Waals surface area contributed by atoms with E-state index in [2.05, 4.69) is 37.4 Å². The summed E-state index contributed by atoms with van der Waals surface area (Å²) in [5.41, 5.74) is 2.83. The summed E-state index contributed by atoms with van der Waals surface area (Å²) >= 11 is 5.10. The molecule has 0 aliphatic heterocycles. The average molecular weight is 370 g/mol. The van der Waals surface area contributed by atoms with Crippen molar-refractivity contribution >= 4 is 45.1 Å². The number of carboxylic acid groups (broad SMARTS) is 1. The highest BCUT2D eigenvalue weighted by atomic mass is 79.9. The number of aromatic nitrogens is 2. The fourth-order valence-corrected chi connectivity index (χ4v) is 3.44. The van der Waals surface area contributed by atoms with Gasteiger partial charge in [-0.05, 0) is 45.9 Å². The van der Waals surface area contributed by atoms with Crippen molar-refractivity contribution in [3.05, 3.63) is 38.1 Å². The Balaban J connectivity index is 2.31. The van der Waals surface area contributed by atoms with E-state index in [9.17, 15) is 4.79 Å². The maximum atomic E-state index is 10.7. The third kappa shape index (κ3) is 3.74. The van der Waals surface area contributed by atoms with E-state index in [0.29, 0.717) is 0 Å². The first-order valence-electron chi connectivity index (χ1n) is 6.27. The van der Waals surface area contributed by atoms with Crippen LogP contribution in [0.3, 0.4) is 0 Å². The molecule has 2 rings (SSSR count). The summed E-state index contributed by atoms with van der Waals surface area (Å²) in [6.07, 6.45) is 2.74. The third-order valence-electron chi connectivity index (χ3n) is 3.03. The topological polar surface area (TPSA) is 58.4 Å². The monoisotopic (exact) mass is 369 g/mol. The summed E-state index contributed by atoms with van der Waals surface area (Å²) in [6.45, 7) is 2.61. The van der Waals surface area contributed by atoms with Crippen molar-refractivity contribution in [3.8, 4) is 0 Å². The van der Waals surface area contributed by atoms with Gasteiger partial charge in [0.15, 0.2) is 0 Å². The van der Waals surface area contributed by atoms with Gasteiger partial charge in [0.1, 0.15) is 5.82 Å². The average Bonchev–Trinajstić information content (AvgIpc) is 2.90. The number of rotatable bonds is 5. The third-order valence-corrected chi connectivity index (χ3v) is 4.59. The van der Waals surface area contributed by atoms with Crippen molar-refractivity contribution in [2.75, 3.05) is 11.9 Å². The van der Waals surface area contributed by atoms with Crippen molar-refractivity contribution < 1.29 is 9.90 Å². The molecule has 0 atom stereocenters. The lowest BCUT2D eigenvalue weighted by atomic mass is 10.2. The summed E-state index contributed by atoms with van der Waals surface area (Å²) in [4.78, 5) is 12.8. The van der Waals surface area contributed by atoms with Crippen molar-refractivity contribution in [3.63, 3.8) is 0 Å². The van der Waals surface area contributed by atoms with Gasteiger partial charge < -0.3 is 10.0 Å². The summed E-state index contributed by atoms with van der Waals surface area (Å²) in [5.74, 6) is -0.0686. The van der Waals surface area contributed by atoms with E-state index >= 15 is 0 Å². The van der Waals surface area contributed by atoms with Gasteiger partial charge in [-0.25, -0.2) is 4.79 Å². The van der Waals surface area contributed by atoms with Crippen LogP contribution in [-0.4, -0.2) is 27.9 Å². The van der Waals surface area contributed by atoms with Gasteiger partial charge in [0.2, 0.25) is 0 Å². The fourth-order valence-electron chi connectivity index (χ4n) is 2.24. The van der Waals surface area contributed by atoms with Crippen molar-refractivity contribution in [1.82, 2.24) is 9.78 Å². The van der Waals surface area contributed by atoms with Crippen LogP contribution in [0.15, 0.2) is 21.3 Å². The van der Waals surface area contributed by atoms with E-state index in [1.54, 1.807) is 22.1 Å². The fraction of sp³-hybridized carbons (Fsp3) is 0.286. The number of nitrogens with zero attached hydrogens (tertiary/aromatic N) is 3. The predicted octanol–water partition coefficient (Wildman–Crippen LogP) is 3.29. The van der Waals surface area contributed by atoms with Crippen LogP contribution in [0.4, 0.5) is 5.82 Å². The zero-order valence-corrected chi connectivity index (χ0v) is 14.4. The molecule has 7 heteroatoms. The molecule has 2 heterocycles. The Hall–Kier alpha value is -1.60. The minimum Gasteiger partial charge on any atom is -0.478 e.